The molecule has 142 valence electrons. The van der Waals surface area contributed by atoms with Crippen LogP contribution in [0.2, 0.25) is 0 Å². The maximum atomic E-state index is 11.7. The zero-order valence-corrected chi connectivity index (χ0v) is 15.4. The number of oxime groups is 1. The largest absolute Gasteiger partial charge is 0.444 e. The topological polar surface area (TPSA) is 146 Å². The molecule has 1 aromatic rings. The van der Waals surface area contributed by atoms with E-state index in [1.165, 1.54) is 6.20 Å². The van der Waals surface area contributed by atoms with Crippen molar-refractivity contribution in [3.8, 4) is 6.07 Å². The monoisotopic (exact) mass is 370 g/mol. The first-order valence-corrected chi connectivity index (χ1v) is 8.17. The predicted molar refractivity (Wildman–Crippen MR) is 98.6 cm³/mol. The molecule has 27 heavy (non-hydrogen) atoms. The van der Waals surface area contributed by atoms with Gasteiger partial charge in [-0.1, -0.05) is 17.3 Å². The third-order valence-electron chi connectivity index (χ3n) is 3.63. The minimum Gasteiger partial charge on any atom is -0.444 e. The number of amides is 1. The molecule has 1 atom stereocenters. The number of carbonyl (C=O) groups is 1. The predicted octanol–water partition coefficient (Wildman–Crippen LogP) is 1.46. The van der Waals surface area contributed by atoms with Gasteiger partial charge in [-0.05, 0) is 38.5 Å². The van der Waals surface area contributed by atoms with E-state index in [4.69, 9.17) is 15.7 Å². The van der Waals surface area contributed by atoms with Gasteiger partial charge in [0.25, 0.3) is 0 Å². The van der Waals surface area contributed by atoms with Crippen molar-refractivity contribution in [2.24, 2.45) is 10.9 Å². The Kier molecular flexibility index (Phi) is 5.70. The average Bonchev–Trinajstić information content (AvgIpc) is 2.65. The molecule has 0 saturated carbocycles. The summed E-state index contributed by atoms with van der Waals surface area (Å²) in [5.41, 5.74) is 5.47. The van der Waals surface area contributed by atoms with Gasteiger partial charge in [0.05, 0.1) is 0 Å². The van der Waals surface area contributed by atoms with E-state index in [2.05, 4.69) is 26.8 Å². The van der Waals surface area contributed by atoms with Crippen LogP contribution in [0.15, 0.2) is 47.4 Å². The second-order valence-electron chi connectivity index (χ2n) is 6.89. The second-order valence-corrected chi connectivity index (χ2v) is 6.89. The molecule has 0 fully saturated rings. The van der Waals surface area contributed by atoms with Crippen LogP contribution in [0, 0.1) is 11.3 Å². The molecule has 5 N–H and O–H groups in total. The van der Waals surface area contributed by atoms with Gasteiger partial charge in [-0.3, -0.25) is 4.98 Å². The maximum Gasteiger partial charge on any atom is 0.407 e. The lowest BCUT2D eigenvalue weighted by Crippen LogP contribution is -2.39. The first kappa shape index (κ1) is 19.8. The van der Waals surface area contributed by atoms with Gasteiger partial charge in [0.15, 0.2) is 11.4 Å². The summed E-state index contributed by atoms with van der Waals surface area (Å²) in [6, 6.07) is 5.43. The standard InChI is InChI=1S/C18H22N6O3/c1-17(2,3)27-16(25)22-8-12-6-7-18(11-19,23-9-12)13-4-5-14(21-10-13)15(20)24-26/h4-7,9-10,23,26H,8H2,1-3H3,(H2,20,24)(H,22,25). The molecule has 1 aliphatic rings. The summed E-state index contributed by atoms with van der Waals surface area (Å²) < 4.78 is 5.18. The van der Waals surface area contributed by atoms with E-state index >= 15 is 0 Å². The number of alkyl carbamates (subject to hydrolysis) is 1. The summed E-state index contributed by atoms with van der Waals surface area (Å²) in [7, 11) is 0. The third-order valence-corrected chi connectivity index (χ3v) is 3.63. The number of pyridine rings is 1. The SMILES string of the molecule is CC(C)(C)OC(=O)NCC1=CNC(C#N)(c2ccc(C(N)=NO)nc2)C=C1. The quantitative estimate of drug-likeness (QED) is 0.272. The Hall–Kier alpha value is -3.54. The van der Waals surface area contributed by atoms with Gasteiger partial charge < -0.3 is 26.3 Å². The number of carbonyl (C=O) groups excluding carboxylic acids is 1. The highest BCUT2D eigenvalue weighted by atomic mass is 16.6. The van der Waals surface area contributed by atoms with E-state index in [-0.39, 0.29) is 12.4 Å². The zero-order chi connectivity index (χ0) is 20.1. The van der Waals surface area contributed by atoms with Crippen LogP contribution in [0.25, 0.3) is 0 Å². The third kappa shape index (κ3) is 4.98. The number of aromatic nitrogens is 1. The van der Waals surface area contributed by atoms with Gasteiger partial charge in [0, 0.05) is 24.5 Å². The van der Waals surface area contributed by atoms with E-state index in [0.717, 1.165) is 5.57 Å². The molecular weight excluding hydrogens is 348 g/mol. The number of nitrogens with two attached hydrogens (primary N) is 1. The normalized spacial score (nSPS) is 19.5. The number of hydrogen-bond acceptors (Lipinski definition) is 7. The maximum absolute atomic E-state index is 11.7. The number of rotatable bonds is 4. The van der Waals surface area contributed by atoms with Gasteiger partial charge in [-0.25, -0.2) is 4.79 Å². The van der Waals surface area contributed by atoms with Crippen molar-refractivity contribution in [3.05, 3.63) is 53.5 Å². The molecule has 1 unspecified atom stereocenters. The van der Waals surface area contributed by atoms with Crippen LogP contribution in [0.4, 0.5) is 4.79 Å². The lowest BCUT2D eigenvalue weighted by Gasteiger charge is -2.27. The van der Waals surface area contributed by atoms with Gasteiger partial charge in [0.2, 0.25) is 0 Å². The van der Waals surface area contributed by atoms with Crippen molar-refractivity contribution in [2.75, 3.05) is 6.54 Å². The highest BCUT2D eigenvalue weighted by Gasteiger charge is 2.31. The Bertz CT molecular complexity index is 830. The average molecular weight is 370 g/mol. The van der Waals surface area contributed by atoms with Crippen LogP contribution in [0.1, 0.15) is 32.0 Å². The Balaban J connectivity index is 2.05. The molecule has 0 aliphatic carbocycles. The van der Waals surface area contributed by atoms with Gasteiger partial charge in [-0.2, -0.15) is 5.26 Å². The molecule has 0 spiro atoms. The van der Waals surface area contributed by atoms with Crippen molar-refractivity contribution < 1.29 is 14.7 Å². The summed E-state index contributed by atoms with van der Waals surface area (Å²) in [6.07, 6.45) is 6.04. The van der Waals surface area contributed by atoms with E-state index in [1.807, 2.05) is 0 Å². The molecule has 9 nitrogen and oxygen atoms in total. The van der Waals surface area contributed by atoms with E-state index in [1.54, 1.807) is 51.3 Å². The fraction of sp³-hybridized carbons (Fsp3) is 0.333. The number of nitrogens with zero attached hydrogens (tertiary/aromatic N) is 3. The van der Waals surface area contributed by atoms with Crippen LogP contribution in [-0.4, -0.2) is 34.3 Å². The minimum absolute atomic E-state index is 0.116. The Morgan fingerprint density at radius 1 is 1.52 bits per heavy atom. The molecule has 9 heteroatoms. The Labute approximate surface area is 157 Å². The second kappa shape index (κ2) is 7.78. The van der Waals surface area contributed by atoms with E-state index < -0.39 is 17.2 Å². The van der Waals surface area contributed by atoms with Crippen molar-refractivity contribution in [2.45, 2.75) is 31.9 Å². The Morgan fingerprint density at radius 3 is 2.74 bits per heavy atom. The number of nitrogens with one attached hydrogen (secondary N) is 2. The zero-order valence-electron chi connectivity index (χ0n) is 15.4. The highest BCUT2D eigenvalue weighted by Crippen LogP contribution is 2.25. The first-order valence-electron chi connectivity index (χ1n) is 8.17. The van der Waals surface area contributed by atoms with E-state index in [9.17, 15) is 10.1 Å². The number of ether oxygens (including phenoxy) is 1. The Morgan fingerprint density at radius 2 is 2.26 bits per heavy atom. The molecule has 0 bridgehead atoms. The molecule has 0 aromatic carbocycles. The molecule has 0 radical (unpaired) electrons. The number of dihydropyridines is 1. The summed E-state index contributed by atoms with van der Waals surface area (Å²) >= 11 is 0. The van der Waals surface area contributed by atoms with Gasteiger partial charge in [0.1, 0.15) is 17.4 Å². The first-order chi connectivity index (χ1) is 12.7. The van der Waals surface area contributed by atoms with Crippen LogP contribution >= 0.6 is 0 Å². The molecule has 2 rings (SSSR count). The van der Waals surface area contributed by atoms with Crippen LogP contribution in [0.3, 0.4) is 0 Å². The lowest BCUT2D eigenvalue weighted by molar-refractivity contribution is 0.0533. The summed E-state index contributed by atoms with van der Waals surface area (Å²) in [6.45, 7) is 5.61. The summed E-state index contributed by atoms with van der Waals surface area (Å²) in [4.78, 5) is 15.8. The molecule has 2 heterocycles. The molecule has 1 aliphatic heterocycles. The van der Waals surface area contributed by atoms with Gasteiger partial charge in [-0.15, -0.1) is 0 Å². The van der Waals surface area contributed by atoms with Crippen molar-refractivity contribution in [1.82, 2.24) is 15.6 Å². The molecule has 1 aromatic heterocycles. The van der Waals surface area contributed by atoms with Crippen molar-refractivity contribution in [3.63, 3.8) is 0 Å². The molecule has 0 saturated heterocycles. The number of hydrogen-bond donors (Lipinski definition) is 4. The van der Waals surface area contributed by atoms with Crippen molar-refractivity contribution >= 4 is 11.9 Å². The van der Waals surface area contributed by atoms with Gasteiger partial charge >= 0.3 is 6.09 Å². The molecular formula is C18H22N6O3. The van der Waals surface area contributed by atoms with E-state index in [0.29, 0.717) is 11.3 Å². The highest BCUT2D eigenvalue weighted by molar-refractivity contribution is 5.95. The number of nitriles is 1. The number of amidine groups is 1. The minimum atomic E-state index is -1.11. The fourth-order valence-electron chi connectivity index (χ4n) is 2.28. The van der Waals surface area contributed by atoms with Crippen molar-refractivity contribution in [1.29, 1.82) is 5.26 Å². The fourth-order valence-corrected chi connectivity index (χ4v) is 2.28. The summed E-state index contributed by atoms with van der Waals surface area (Å²) in [5.74, 6) is -0.116. The smallest absolute Gasteiger partial charge is 0.407 e. The molecule has 1 amide bonds. The van der Waals surface area contributed by atoms with Crippen LogP contribution < -0.4 is 16.4 Å². The summed E-state index contributed by atoms with van der Waals surface area (Å²) in [5, 5.41) is 26.9. The lowest BCUT2D eigenvalue weighted by atomic mass is 9.89. The van der Waals surface area contributed by atoms with Crippen LogP contribution in [0.5, 0.6) is 0 Å². The van der Waals surface area contributed by atoms with Crippen LogP contribution in [-0.2, 0) is 10.3 Å².